The van der Waals surface area contributed by atoms with E-state index in [1.807, 2.05) is 20.0 Å². The quantitative estimate of drug-likeness (QED) is 0.838. The highest BCUT2D eigenvalue weighted by Crippen LogP contribution is 2.31. The summed E-state index contributed by atoms with van der Waals surface area (Å²) in [7, 11) is 1.98. The highest BCUT2D eigenvalue weighted by atomic mass is 32.2. The van der Waals surface area contributed by atoms with Gasteiger partial charge in [-0.25, -0.2) is 4.98 Å². The largest absolute Gasteiger partial charge is 0.440 e. The predicted molar refractivity (Wildman–Crippen MR) is 74.8 cm³/mol. The minimum absolute atomic E-state index is 0.281. The molecule has 18 heavy (non-hydrogen) atoms. The fourth-order valence-electron chi connectivity index (χ4n) is 1.95. The highest BCUT2D eigenvalue weighted by Gasteiger charge is 2.20. The van der Waals surface area contributed by atoms with Gasteiger partial charge in [0.15, 0.2) is 0 Å². The van der Waals surface area contributed by atoms with Crippen molar-refractivity contribution < 1.29 is 4.42 Å². The lowest BCUT2D eigenvalue weighted by Gasteiger charge is -2.22. The van der Waals surface area contributed by atoms with Gasteiger partial charge < -0.3 is 9.73 Å². The van der Waals surface area contributed by atoms with Gasteiger partial charge in [-0.3, -0.25) is 0 Å². The number of aromatic nitrogens is 1. The molecule has 0 aliphatic heterocycles. The minimum atomic E-state index is 0.281. The van der Waals surface area contributed by atoms with Gasteiger partial charge in [-0.1, -0.05) is 49.0 Å². The molecule has 3 nitrogen and oxygen atoms in total. The lowest BCUT2D eigenvalue weighted by molar-refractivity contribution is 0.451. The molecular weight excluding hydrogens is 244 g/mol. The zero-order chi connectivity index (χ0) is 13.0. The molecule has 96 valence electrons. The molecule has 0 radical (unpaired) electrons. The maximum Gasteiger partial charge on any atom is 0.256 e. The summed E-state index contributed by atoms with van der Waals surface area (Å²) in [4.78, 5) is 4.33. The fraction of sp³-hybridized carbons (Fsp3) is 0.357. The van der Waals surface area contributed by atoms with E-state index in [0.717, 1.165) is 10.9 Å². The van der Waals surface area contributed by atoms with Crippen molar-refractivity contribution in [1.29, 1.82) is 0 Å². The van der Waals surface area contributed by atoms with Crippen molar-refractivity contribution in [1.82, 2.24) is 10.3 Å². The number of thioether (sulfide) groups is 1. The van der Waals surface area contributed by atoms with E-state index in [4.69, 9.17) is 4.42 Å². The third-order valence-corrected chi connectivity index (χ3v) is 3.86. The van der Waals surface area contributed by atoms with Gasteiger partial charge in [0.2, 0.25) is 0 Å². The number of hydrogen-bond acceptors (Lipinski definition) is 4. The molecule has 2 atom stereocenters. The van der Waals surface area contributed by atoms with Crippen molar-refractivity contribution >= 4 is 11.8 Å². The second-order valence-electron chi connectivity index (χ2n) is 4.25. The van der Waals surface area contributed by atoms with E-state index in [9.17, 15) is 0 Å². The SMILES string of the molecule is CNC(c1ccccc1)C(C)Sc1nc(C)co1. The van der Waals surface area contributed by atoms with Crippen LogP contribution in [0, 0.1) is 6.92 Å². The molecule has 0 amide bonds. The van der Waals surface area contributed by atoms with Crippen molar-refractivity contribution in [2.24, 2.45) is 0 Å². The van der Waals surface area contributed by atoms with Gasteiger partial charge in [-0.2, -0.15) is 0 Å². The van der Waals surface area contributed by atoms with Gasteiger partial charge in [-0.05, 0) is 19.5 Å². The van der Waals surface area contributed by atoms with Crippen LogP contribution in [0.5, 0.6) is 0 Å². The smallest absolute Gasteiger partial charge is 0.256 e. The summed E-state index contributed by atoms with van der Waals surface area (Å²) in [5, 5.41) is 4.43. The lowest BCUT2D eigenvalue weighted by Crippen LogP contribution is -2.25. The Hall–Kier alpha value is -1.26. The first kappa shape index (κ1) is 13.2. The predicted octanol–water partition coefficient (Wildman–Crippen LogP) is 3.42. The molecule has 2 aromatic rings. The Balaban J connectivity index is 2.08. The number of oxazole rings is 1. The summed E-state index contributed by atoms with van der Waals surface area (Å²) in [5.41, 5.74) is 2.20. The van der Waals surface area contributed by atoms with Crippen LogP contribution in [0.1, 0.15) is 24.2 Å². The monoisotopic (exact) mass is 262 g/mol. The van der Waals surface area contributed by atoms with E-state index in [0.29, 0.717) is 5.25 Å². The second kappa shape index (κ2) is 6.07. The number of benzene rings is 1. The first-order chi connectivity index (χ1) is 8.70. The van der Waals surface area contributed by atoms with E-state index in [2.05, 4.69) is 41.5 Å². The molecule has 0 bridgehead atoms. The standard InChI is InChI=1S/C14H18N2OS/c1-10-9-17-14(16-10)18-11(2)13(15-3)12-7-5-4-6-8-12/h4-9,11,13,15H,1-3H3. The van der Waals surface area contributed by atoms with Gasteiger partial charge in [-0.15, -0.1) is 0 Å². The molecule has 0 saturated heterocycles. The van der Waals surface area contributed by atoms with Gasteiger partial charge in [0.05, 0.1) is 5.69 Å². The average molecular weight is 262 g/mol. The number of hydrogen-bond donors (Lipinski definition) is 1. The van der Waals surface area contributed by atoms with Gasteiger partial charge in [0, 0.05) is 11.3 Å². The van der Waals surface area contributed by atoms with Crippen molar-refractivity contribution in [2.45, 2.75) is 30.4 Å². The number of rotatable bonds is 5. The molecule has 2 rings (SSSR count). The summed E-state index contributed by atoms with van der Waals surface area (Å²) in [6.07, 6.45) is 1.69. The Morgan fingerprint density at radius 3 is 2.56 bits per heavy atom. The van der Waals surface area contributed by atoms with Crippen LogP contribution in [0.3, 0.4) is 0 Å². The van der Waals surface area contributed by atoms with E-state index in [1.54, 1.807) is 18.0 Å². The Morgan fingerprint density at radius 1 is 1.28 bits per heavy atom. The zero-order valence-corrected chi connectivity index (χ0v) is 11.7. The summed E-state index contributed by atoms with van der Waals surface area (Å²) in [5.74, 6) is 0. The molecule has 0 aliphatic carbocycles. The van der Waals surface area contributed by atoms with E-state index >= 15 is 0 Å². The van der Waals surface area contributed by atoms with Crippen LogP contribution in [0.25, 0.3) is 0 Å². The molecule has 4 heteroatoms. The molecule has 1 aromatic carbocycles. The molecule has 0 saturated carbocycles. The number of nitrogens with zero attached hydrogens (tertiary/aromatic N) is 1. The van der Waals surface area contributed by atoms with Gasteiger partial charge >= 0.3 is 0 Å². The molecule has 0 aliphatic rings. The molecule has 2 unspecified atom stereocenters. The third-order valence-electron chi connectivity index (χ3n) is 2.82. The van der Waals surface area contributed by atoms with Gasteiger partial charge in [0.1, 0.15) is 6.26 Å². The van der Waals surface area contributed by atoms with Crippen LogP contribution in [0.4, 0.5) is 0 Å². The van der Waals surface area contributed by atoms with Crippen molar-refractivity contribution in [3.8, 4) is 0 Å². The third kappa shape index (κ3) is 3.15. The summed E-state index contributed by atoms with van der Waals surface area (Å²) >= 11 is 1.65. The van der Waals surface area contributed by atoms with Crippen LogP contribution in [0.15, 0.2) is 46.2 Å². The first-order valence-electron chi connectivity index (χ1n) is 6.01. The zero-order valence-electron chi connectivity index (χ0n) is 10.9. The Labute approximate surface area is 112 Å². The highest BCUT2D eigenvalue weighted by molar-refractivity contribution is 7.99. The lowest BCUT2D eigenvalue weighted by atomic mass is 10.0. The maximum atomic E-state index is 5.39. The topological polar surface area (TPSA) is 38.1 Å². The molecular formula is C14H18N2OS. The van der Waals surface area contributed by atoms with Crippen molar-refractivity contribution in [2.75, 3.05) is 7.05 Å². The summed E-state index contributed by atoms with van der Waals surface area (Å²) in [6, 6.07) is 10.7. The Morgan fingerprint density at radius 2 is 2.00 bits per heavy atom. The van der Waals surface area contributed by atoms with Crippen LogP contribution in [-0.4, -0.2) is 17.3 Å². The number of aryl methyl sites for hydroxylation is 1. The van der Waals surface area contributed by atoms with Gasteiger partial charge in [0.25, 0.3) is 5.22 Å². The molecule has 1 heterocycles. The van der Waals surface area contributed by atoms with Crippen LogP contribution < -0.4 is 5.32 Å². The molecule has 1 aromatic heterocycles. The van der Waals surface area contributed by atoms with E-state index in [-0.39, 0.29) is 6.04 Å². The molecule has 0 spiro atoms. The first-order valence-corrected chi connectivity index (χ1v) is 6.89. The molecule has 0 fully saturated rings. The fourth-order valence-corrected chi connectivity index (χ4v) is 2.99. The van der Waals surface area contributed by atoms with E-state index < -0.39 is 0 Å². The van der Waals surface area contributed by atoms with Crippen LogP contribution in [0.2, 0.25) is 0 Å². The minimum Gasteiger partial charge on any atom is -0.440 e. The number of nitrogens with one attached hydrogen (secondary N) is 1. The summed E-state index contributed by atoms with van der Waals surface area (Å²) < 4.78 is 5.39. The second-order valence-corrected chi connectivity index (χ2v) is 5.58. The van der Waals surface area contributed by atoms with E-state index in [1.165, 1.54) is 5.56 Å². The normalized spacial score (nSPS) is 14.4. The van der Waals surface area contributed by atoms with Crippen molar-refractivity contribution in [3.63, 3.8) is 0 Å². The van der Waals surface area contributed by atoms with Crippen LogP contribution in [-0.2, 0) is 0 Å². The Bertz CT molecular complexity index is 484. The van der Waals surface area contributed by atoms with Crippen LogP contribution >= 0.6 is 11.8 Å². The summed E-state index contributed by atoms with van der Waals surface area (Å²) in [6.45, 7) is 4.11. The molecule has 1 N–H and O–H groups in total. The average Bonchev–Trinajstić information content (AvgIpc) is 2.77. The Kier molecular flexibility index (Phi) is 4.44. The van der Waals surface area contributed by atoms with Crippen molar-refractivity contribution in [3.05, 3.63) is 47.9 Å². The maximum absolute atomic E-state index is 5.39.